The van der Waals surface area contributed by atoms with Crippen molar-refractivity contribution in [2.75, 3.05) is 31.6 Å². The van der Waals surface area contributed by atoms with E-state index in [0.29, 0.717) is 5.56 Å². The Morgan fingerprint density at radius 1 is 1.17 bits per heavy atom. The largest absolute Gasteiger partial charge is 0.357 e. The normalized spacial score (nSPS) is 11.0. The molecule has 6 heteroatoms. The number of amides is 2. The van der Waals surface area contributed by atoms with Gasteiger partial charge in [-0.15, -0.1) is 0 Å². The molecule has 128 valence electrons. The van der Waals surface area contributed by atoms with Gasteiger partial charge >= 0.3 is 0 Å². The van der Waals surface area contributed by atoms with Gasteiger partial charge in [-0.1, -0.05) is 0 Å². The fourth-order valence-corrected chi connectivity index (χ4v) is 2.21. The summed E-state index contributed by atoms with van der Waals surface area (Å²) in [5.41, 5.74) is 0.167. The summed E-state index contributed by atoms with van der Waals surface area (Å²) in [7, 11) is 1.61. The molecule has 1 heterocycles. The van der Waals surface area contributed by atoms with Crippen molar-refractivity contribution in [1.29, 1.82) is 0 Å². The fourth-order valence-electron chi connectivity index (χ4n) is 2.21. The van der Waals surface area contributed by atoms with E-state index >= 15 is 0 Å². The number of aromatic nitrogens is 1. The Hall–Kier alpha value is -2.11. The summed E-state index contributed by atoms with van der Waals surface area (Å²) in [6.45, 7) is 11.6. The monoisotopic (exact) mass is 320 g/mol. The van der Waals surface area contributed by atoms with Crippen LogP contribution in [0.15, 0.2) is 18.3 Å². The van der Waals surface area contributed by atoms with E-state index in [1.54, 1.807) is 19.3 Å². The van der Waals surface area contributed by atoms with Gasteiger partial charge < -0.3 is 15.1 Å². The van der Waals surface area contributed by atoms with Crippen molar-refractivity contribution < 1.29 is 9.59 Å². The minimum Gasteiger partial charge on any atom is -0.357 e. The Bertz CT molecular complexity index is 531. The summed E-state index contributed by atoms with van der Waals surface area (Å²) in [5.74, 6) is 0.452. The van der Waals surface area contributed by atoms with Crippen LogP contribution in [0.1, 0.15) is 45.0 Å². The number of hydrogen-bond donors (Lipinski definition) is 1. The first-order valence-electron chi connectivity index (χ1n) is 7.95. The van der Waals surface area contributed by atoms with E-state index in [1.807, 2.05) is 26.8 Å². The van der Waals surface area contributed by atoms with Gasteiger partial charge in [0.15, 0.2) is 0 Å². The highest BCUT2D eigenvalue weighted by molar-refractivity contribution is 5.96. The Morgan fingerprint density at radius 3 is 2.22 bits per heavy atom. The van der Waals surface area contributed by atoms with E-state index in [1.165, 1.54) is 4.90 Å². The maximum atomic E-state index is 12.4. The lowest BCUT2D eigenvalue weighted by atomic mass is 10.1. The third kappa shape index (κ3) is 5.88. The summed E-state index contributed by atoms with van der Waals surface area (Å²) < 4.78 is 0. The molecule has 1 aromatic rings. The Balaban J connectivity index is 2.71. The standard InChI is InChI=1S/C17H28N4O2/c1-7-21(8-2)14-10-9-13(11-18-14)16(23)20(6)12-15(22)19-17(3,4)5/h9-11H,7-8,12H2,1-6H3,(H,19,22). The van der Waals surface area contributed by atoms with E-state index in [-0.39, 0.29) is 23.9 Å². The highest BCUT2D eigenvalue weighted by Gasteiger charge is 2.19. The second kappa shape index (κ2) is 7.94. The first kappa shape index (κ1) is 18.9. The van der Waals surface area contributed by atoms with Crippen molar-refractivity contribution in [2.24, 2.45) is 0 Å². The molecule has 2 amide bonds. The third-order valence-corrected chi connectivity index (χ3v) is 3.32. The van der Waals surface area contributed by atoms with Crippen LogP contribution in [0, 0.1) is 0 Å². The molecule has 0 aliphatic heterocycles. The molecule has 0 atom stereocenters. The van der Waals surface area contributed by atoms with Crippen LogP contribution in [0.5, 0.6) is 0 Å². The van der Waals surface area contributed by atoms with Crippen molar-refractivity contribution in [1.82, 2.24) is 15.2 Å². The van der Waals surface area contributed by atoms with Gasteiger partial charge in [0.05, 0.1) is 12.1 Å². The highest BCUT2D eigenvalue weighted by atomic mass is 16.2. The fraction of sp³-hybridized carbons (Fsp3) is 0.588. The zero-order valence-corrected chi connectivity index (χ0v) is 15.0. The second-order valence-corrected chi connectivity index (χ2v) is 6.54. The molecule has 1 N–H and O–H groups in total. The molecule has 6 nitrogen and oxygen atoms in total. The predicted molar refractivity (Wildman–Crippen MR) is 92.7 cm³/mol. The minimum atomic E-state index is -0.312. The Morgan fingerprint density at radius 2 is 1.78 bits per heavy atom. The highest BCUT2D eigenvalue weighted by Crippen LogP contribution is 2.12. The van der Waals surface area contributed by atoms with Crippen molar-refractivity contribution in [3.8, 4) is 0 Å². The number of nitrogens with zero attached hydrogens (tertiary/aromatic N) is 3. The van der Waals surface area contributed by atoms with Crippen LogP contribution >= 0.6 is 0 Å². The topological polar surface area (TPSA) is 65.5 Å². The van der Waals surface area contributed by atoms with E-state index in [2.05, 4.69) is 29.0 Å². The number of hydrogen-bond acceptors (Lipinski definition) is 4. The number of nitrogens with one attached hydrogen (secondary N) is 1. The van der Waals surface area contributed by atoms with E-state index in [9.17, 15) is 9.59 Å². The average molecular weight is 320 g/mol. The van der Waals surface area contributed by atoms with E-state index in [0.717, 1.165) is 18.9 Å². The zero-order valence-electron chi connectivity index (χ0n) is 15.0. The number of anilines is 1. The first-order chi connectivity index (χ1) is 10.7. The number of likely N-dealkylation sites (N-methyl/N-ethyl adjacent to an activating group) is 1. The van der Waals surface area contributed by atoms with Crippen LogP contribution in [0.3, 0.4) is 0 Å². The Labute approximate surface area is 138 Å². The SMILES string of the molecule is CCN(CC)c1ccc(C(=O)N(C)CC(=O)NC(C)(C)C)cn1. The molecule has 0 fully saturated rings. The second-order valence-electron chi connectivity index (χ2n) is 6.54. The lowest BCUT2D eigenvalue weighted by Crippen LogP contribution is -2.46. The van der Waals surface area contributed by atoms with Gasteiger partial charge in [-0.25, -0.2) is 4.98 Å². The molecule has 0 saturated carbocycles. The van der Waals surface area contributed by atoms with Crippen molar-refractivity contribution in [3.63, 3.8) is 0 Å². The number of rotatable bonds is 6. The molecule has 1 aromatic heterocycles. The maximum absolute atomic E-state index is 12.4. The summed E-state index contributed by atoms with van der Waals surface area (Å²) in [5, 5.41) is 2.84. The molecule has 1 rings (SSSR count). The van der Waals surface area contributed by atoms with E-state index < -0.39 is 0 Å². The quantitative estimate of drug-likeness (QED) is 0.869. The molecule has 0 aromatic carbocycles. The van der Waals surface area contributed by atoms with Crippen LogP contribution in [-0.2, 0) is 4.79 Å². The molecule has 0 spiro atoms. The third-order valence-electron chi connectivity index (χ3n) is 3.32. The van der Waals surface area contributed by atoms with Crippen LogP contribution in [0.2, 0.25) is 0 Å². The minimum absolute atomic E-state index is 0.0217. The van der Waals surface area contributed by atoms with Crippen LogP contribution < -0.4 is 10.2 Å². The number of pyridine rings is 1. The maximum Gasteiger partial charge on any atom is 0.255 e. The van der Waals surface area contributed by atoms with Crippen LogP contribution in [0.4, 0.5) is 5.82 Å². The van der Waals surface area contributed by atoms with E-state index in [4.69, 9.17) is 0 Å². The summed E-state index contributed by atoms with van der Waals surface area (Å²) in [6.07, 6.45) is 1.56. The van der Waals surface area contributed by atoms with Crippen LogP contribution in [-0.4, -0.2) is 53.9 Å². The van der Waals surface area contributed by atoms with Gasteiger partial charge in [0, 0.05) is 31.9 Å². The lowest BCUT2D eigenvalue weighted by molar-refractivity contribution is -0.122. The lowest BCUT2D eigenvalue weighted by Gasteiger charge is -2.23. The molecule has 23 heavy (non-hydrogen) atoms. The number of carbonyl (C=O) groups excluding carboxylic acids is 2. The van der Waals surface area contributed by atoms with Crippen molar-refractivity contribution >= 4 is 17.6 Å². The Kier molecular flexibility index (Phi) is 6.54. The summed E-state index contributed by atoms with van der Waals surface area (Å²) in [4.78, 5) is 32.1. The molecule has 0 unspecified atom stereocenters. The molecular formula is C17H28N4O2. The van der Waals surface area contributed by atoms with Gasteiger partial charge in [0.2, 0.25) is 5.91 Å². The summed E-state index contributed by atoms with van der Waals surface area (Å²) >= 11 is 0. The molecule has 0 bridgehead atoms. The smallest absolute Gasteiger partial charge is 0.255 e. The first-order valence-corrected chi connectivity index (χ1v) is 7.95. The van der Waals surface area contributed by atoms with Gasteiger partial charge in [-0.2, -0.15) is 0 Å². The average Bonchev–Trinajstić information content (AvgIpc) is 2.46. The van der Waals surface area contributed by atoms with Crippen molar-refractivity contribution in [3.05, 3.63) is 23.9 Å². The van der Waals surface area contributed by atoms with Crippen LogP contribution in [0.25, 0.3) is 0 Å². The summed E-state index contributed by atoms with van der Waals surface area (Å²) in [6, 6.07) is 3.59. The van der Waals surface area contributed by atoms with Gasteiger partial charge in [0.1, 0.15) is 5.82 Å². The molecular weight excluding hydrogens is 292 g/mol. The molecule has 0 aliphatic rings. The van der Waals surface area contributed by atoms with Gasteiger partial charge in [-0.05, 0) is 46.8 Å². The number of carbonyl (C=O) groups is 2. The molecule has 0 radical (unpaired) electrons. The molecule has 0 saturated heterocycles. The van der Waals surface area contributed by atoms with Gasteiger partial charge in [-0.3, -0.25) is 9.59 Å². The predicted octanol–water partition coefficient (Wildman–Crippen LogP) is 1.91. The zero-order chi connectivity index (χ0) is 17.6. The van der Waals surface area contributed by atoms with Crippen molar-refractivity contribution in [2.45, 2.75) is 40.2 Å². The van der Waals surface area contributed by atoms with Gasteiger partial charge in [0.25, 0.3) is 5.91 Å². The molecule has 0 aliphatic carbocycles.